The van der Waals surface area contributed by atoms with Gasteiger partial charge in [0.1, 0.15) is 45.8 Å². The average molecular weight is 578 g/mol. The first-order chi connectivity index (χ1) is 19.9. The van der Waals surface area contributed by atoms with Crippen LogP contribution in [0.25, 0.3) is 22.8 Å². The highest BCUT2D eigenvalue weighted by Crippen LogP contribution is 2.45. The van der Waals surface area contributed by atoms with Crippen LogP contribution in [0.3, 0.4) is 0 Å². The second kappa shape index (κ2) is 11.2. The summed E-state index contributed by atoms with van der Waals surface area (Å²) in [5.74, 6) is 0.263. The van der Waals surface area contributed by atoms with Gasteiger partial charge in [0.25, 0.3) is 0 Å². The first-order valence-electron chi connectivity index (χ1n) is 12.7. The van der Waals surface area contributed by atoms with Gasteiger partial charge in [-0.2, -0.15) is 13.2 Å². The first kappa shape index (κ1) is 29.3. The molecule has 0 aliphatic heterocycles. The molecule has 0 saturated heterocycles. The van der Waals surface area contributed by atoms with Crippen molar-refractivity contribution in [1.29, 1.82) is 0 Å². The van der Waals surface area contributed by atoms with Gasteiger partial charge in [-0.25, -0.2) is 24.9 Å². The zero-order valence-electron chi connectivity index (χ0n) is 22.2. The fourth-order valence-electron chi connectivity index (χ4n) is 4.36. The summed E-state index contributed by atoms with van der Waals surface area (Å²) in [4.78, 5) is 21.2. The molecule has 11 nitrogen and oxygen atoms in total. The van der Waals surface area contributed by atoms with Crippen LogP contribution in [0.15, 0.2) is 36.9 Å². The number of methoxy groups -OCH3 is 1. The van der Waals surface area contributed by atoms with Crippen LogP contribution < -0.4 is 9.47 Å². The molecule has 0 amide bonds. The molecule has 214 valence electrons. The van der Waals surface area contributed by atoms with Gasteiger partial charge in [-0.3, -0.25) is 0 Å². The van der Waals surface area contributed by atoms with E-state index in [0.29, 0.717) is 33.3 Å². The van der Waals surface area contributed by atoms with E-state index >= 15 is 0 Å². The number of phenols is 1. The van der Waals surface area contributed by atoms with Gasteiger partial charge in [0.05, 0.1) is 36.8 Å². The number of alkyl halides is 3. The smallest absolute Gasteiger partial charge is 0.434 e. The van der Waals surface area contributed by atoms with Crippen molar-refractivity contribution in [1.82, 2.24) is 29.5 Å². The number of hydrogen-bond donors (Lipinski definition) is 3. The highest BCUT2D eigenvalue weighted by Gasteiger charge is 2.37. The molecule has 3 N–H and O–H groups in total. The maximum Gasteiger partial charge on any atom is 0.434 e. The second-order valence-electron chi connectivity index (χ2n) is 9.61. The van der Waals surface area contributed by atoms with Crippen LogP contribution in [0.5, 0.6) is 17.4 Å². The Bertz CT molecular complexity index is 1610. The lowest BCUT2D eigenvalue weighted by Crippen LogP contribution is -2.34. The lowest BCUT2D eigenvalue weighted by atomic mass is 9.73. The third-order valence-corrected chi connectivity index (χ3v) is 6.49. The summed E-state index contributed by atoms with van der Waals surface area (Å²) in [6.07, 6.45) is 0.386. The van der Waals surface area contributed by atoms with Gasteiger partial charge in [0.2, 0.25) is 5.88 Å². The number of rotatable bonds is 10. The van der Waals surface area contributed by atoms with E-state index in [2.05, 4.69) is 24.9 Å². The molecular formula is C26H23B2F3N6O5. The van der Waals surface area contributed by atoms with Crippen molar-refractivity contribution >= 4 is 15.7 Å². The van der Waals surface area contributed by atoms with Crippen molar-refractivity contribution in [3.63, 3.8) is 0 Å². The van der Waals surface area contributed by atoms with E-state index in [-0.39, 0.29) is 48.6 Å². The number of aliphatic hydroxyl groups is 2. The zero-order chi connectivity index (χ0) is 30.2. The third kappa shape index (κ3) is 6.04. The minimum atomic E-state index is -4.83. The molecule has 1 aliphatic carbocycles. The molecule has 42 heavy (non-hydrogen) atoms. The van der Waals surface area contributed by atoms with Gasteiger partial charge >= 0.3 is 6.18 Å². The Morgan fingerprint density at radius 1 is 1.12 bits per heavy atom. The first-order valence-corrected chi connectivity index (χ1v) is 12.7. The Hall–Kier alpha value is -4.17. The lowest BCUT2D eigenvalue weighted by Gasteiger charge is -2.23. The van der Waals surface area contributed by atoms with Crippen molar-refractivity contribution in [3.05, 3.63) is 59.6 Å². The van der Waals surface area contributed by atoms with Crippen molar-refractivity contribution in [2.75, 3.05) is 20.3 Å². The number of halogens is 3. The Morgan fingerprint density at radius 2 is 1.88 bits per heavy atom. The van der Waals surface area contributed by atoms with Gasteiger partial charge < -0.3 is 29.4 Å². The number of aliphatic hydroxyl groups excluding tert-OH is 1. The van der Waals surface area contributed by atoms with E-state index < -0.39 is 23.2 Å². The fraction of sp³-hybridized carbons (Fsp3) is 0.346. The van der Waals surface area contributed by atoms with E-state index in [4.69, 9.17) is 25.2 Å². The summed E-state index contributed by atoms with van der Waals surface area (Å²) >= 11 is 0. The highest BCUT2D eigenvalue weighted by molar-refractivity contribution is 6.36. The van der Waals surface area contributed by atoms with Crippen molar-refractivity contribution in [3.8, 4) is 40.2 Å². The predicted octanol–water partition coefficient (Wildman–Crippen LogP) is 2.27. The number of nitrogens with zero attached hydrogens (tertiary/aromatic N) is 6. The molecule has 5 rings (SSSR count). The Labute approximate surface area is 240 Å². The van der Waals surface area contributed by atoms with E-state index in [0.717, 1.165) is 18.5 Å². The number of phenolic OH excluding ortho intramolecular Hbond substituents is 1. The number of aromatic nitrogens is 6. The minimum absolute atomic E-state index is 0.00572. The molecule has 16 heteroatoms. The maximum atomic E-state index is 13.3. The summed E-state index contributed by atoms with van der Waals surface area (Å²) in [5.41, 5.74) is -2.08. The molecule has 1 aromatic carbocycles. The standard InChI is InChI=1S/C26H23B2F3N6O5/c1-41-18-10-32-22(20-21(13-2-3-13)33-12-34-24(20)42-7-6-38)35-16(18)8-14-4-5-15(9-17(14)39)23-36-19(25(29,30)31)11-37(23)26(27,28)40/h4-5,9-13,38-40H,2-3,6-8H2,1H3. The SMILES string of the molecule is [B]C([B])(O)n1cc(C(F)(F)F)nc1-c1ccc(Cc2nc(-c3c(OCCO)ncnc3C3CC3)ncc2OC)c(O)c1. The van der Waals surface area contributed by atoms with Crippen molar-refractivity contribution < 1.29 is 38.0 Å². The predicted molar refractivity (Wildman–Crippen MR) is 143 cm³/mol. The summed E-state index contributed by atoms with van der Waals surface area (Å²) in [5, 5.41) is 30.1. The summed E-state index contributed by atoms with van der Waals surface area (Å²) < 4.78 is 51.6. The molecule has 1 fully saturated rings. The molecule has 3 aromatic heterocycles. The van der Waals surface area contributed by atoms with Gasteiger partial charge in [-0.05, 0) is 24.5 Å². The van der Waals surface area contributed by atoms with Gasteiger partial charge in [-0.15, -0.1) is 0 Å². The van der Waals surface area contributed by atoms with Crippen LogP contribution in [-0.4, -0.2) is 80.8 Å². The van der Waals surface area contributed by atoms with Gasteiger partial charge in [0, 0.05) is 24.1 Å². The summed E-state index contributed by atoms with van der Waals surface area (Å²) in [6, 6.07) is 4.03. The molecule has 3 heterocycles. The largest absolute Gasteiger partial charge is 0.508 e. The van der Waals surface area contributed by atoms with Crippen LogP contribution in [0, 0.1) is 0 Å². The molecule has 0 spiro atoms. The van der Waals surface area contributed by atoms with Crippen LogP contribution in [-0.2, 0) is 18.1 Å². The maximum absolute atomic E-state index is 13.3. The van der Waals surface area contributed by atoms with E-state index in [1.54, 1.807) is 0 Å². The molecule has 4 aromatic rings. The zero-order valence-corrected chi connectivity index (χ0v) is 22.2. The monoisotopic (exact) mass is 578 g/mol. The molecule has 0 bridgehead atoms. The van der Waals surface area contributed by atoms with Crippen LogP contribution in [0.4, 0.5) is 13.2 Å². The lowest BCUT2D eigenvalue weighted by molar-refractivity contribution is -0.141. The normalized spacial score (nSPS) is 13.8. The summed E-state index contributed by atoms with van der Waals surface area (Å²) in [7, 11) is 12.3. The van der Waals surface area contributed by atoms with Gasteiger partial charge in [0.15, 0.2) is 17.3 Å². The van der Waals surface area contributed by atoms with E-state index in [1.165, 1.54) is 37.8 Å². The Balaban J connectivity index is 1.52. The average Bonchev–Trinajstić information content (AvgIpc) is 3.67. The fourth-order valence-corrected chi connectivity index (χ4v) is 4.36. The third-order valence-electron chi connectivity index (χ3n) is 6.49. The molecule has 1 aliphatic rings. The van der Waals surface area contributed by atoms with Crippen LogP contribution in [0.1, 0.15) is 41.4 Å². The molecular weight excluding hydrogens is 555 g/mol. The van der Waals surface area contributed by atoms with Gasteiger partial charge in [-0.1, -0.05) is 12.1 Å². The topological polar surface area (TPSA) is 149 Å². The molecule has 1 saturated carbocycles. The second-order valence-corrected chi connectivity index (χ2v) is 9.61. The van der Waals surface area contributed by atoms with Crippen LogP contribution in [0.2, 0.25) is 0 Å². The number of benzene rings is 1. The molecule has 0 atom stereocenters. The van der Waals surface area contributed by atoms with Crippen LogP contribution >= 0.6 is 0 Å². The number of aromatic hydroxyl groups is 1. The number of hydrogen-bond acceptors (Lipinski definition) is 10. The number of imidazole rings is 1. The van der Waals surface area contributed by atoms with E-state index in [1.807, 2.05) is 0 Å². The molecule has 0 unspecified atom stereocenters. The minimum Gasteiger partial charge on any atom is -0.508 e. The van der Waals surface area contributed by atoms with Crippen molar-refractivity contribution in [2.45, 2.75) is 36.9 Å². The summed E-state index contributed by atoms with van der Waals surface area (Å²) in [6.45, 7) is -0.217. The quantitative estimate of drug-likeness (QED) is 0.240. The van der Waals surface area contributed by atoms with E-state index in [9.17, 15) is 28.5 Å². The Morgan fingerprint density at radius 3 is 2.50 bits per heavy atom. The number of ether oxygens (including phenoxy) is 2. The highest BCUT2D eigenvalue weighted by atomic mass is 19.4. The van der Waals surface area contributed by atoms with Crippen molar-refractivity contribution in [2.24, 2.45) is 0 Å². The Kier molecular flexibility index (Phi) is 7.86. The molecule has 4 radical (unpaired) electrons.